The van der Waals surface area contributed by atoms with Crippen LogP contribution in [-0.2, 0) is 6.54 Å². The fourth-order valence-electron chi connectivity index (χ4n) is 2.69. The Bertz CT molecular complexity index is 532. The summed E-state index contributed by atoms with van der Waals surface area (Å²) >= 11 is 1.70. The fraction of sp³-hybridized carbons (Fsp3) is 0.643. The van der Waals surface area contributed by atoms with Crippen LogP contribution in [0.1, 0.15) is 32.9 Å². The van der Waals surface area contributed by atoms with Gasteiger partial charge in [-0.3, -0.25) is 9.30 Å². The van der Waals surface area contributed by atoms with Crippen molar-refractivity contribution in [1.82, 2.24) is 19.6 Å². The maximum atomic E-state index is 4.69. The fourth-order valence-corrected chi connectivity index (χ4v) is 3.41. The lowest BCUT2D eigenvalue weighted by Gasteiger charge is -2.44. The number of hydrogen-bond donors (Lipinski definition) is 1. The molecule has 104 valence electrons. The van der Waals surface area contributed by atoms with Crippen LogP contribution in [0.3, 0.4) is 0 Å². The normalized spacial score (nSPS) is 29.1. The molecule has 2 aromatic rings. The van der Waals surface area contributed by atoms with Crippen LogP contribution in [0.15, 0.2) is 17.8 Å². The highest BCUT2D eigenvalue weighted by Crippen LogP contribution is 2.21. The second kappa shape index (κ2) is 4.89. The molecule has 3 heterocycles. The van der Waals surface area contributed by atoms with Gasteiger partial charge in [-0.25, -0.2) is 4.98 Å². The minimum absolute atomic E-state index is 0.240. The van der Waals surface area contributed by atoms with Gasteiger partial charge in [0.05, 0.1) is 5.69 Å². The summed E-state index contributed by atoms with van der Waals surface area (Å²) in [5.41, 5.74) is 1.42. The molecule has 1 fully saturated rings. The highest BCUT2D eigenvalue weighted by atomic mass is 32.1. The average molecular weight is 278 g/mol. The number of aromatic nitrogens is 2. The molecule has 3 rings (SSSR count). The highest BCUT2D eigenvalue weighted by molar-refractivity contribution is 7.15. The summed E-state index contributed by atoms with van der Waals surface area (Å²) in [6.45, 7) is 9.97. The SMILES string of the molecule is CCC1(C)CN(Cc2cn3ccsc3n2)C(C)CN1. The molecule has 0 bridgehead atoms. The van der Waals surface area contributed by atoms with Crippen molar-refractivity contribution in [2.24, 2.45) is 0 Å². The lowest BCUT2D eigenvalue weighted by atomic mass is 9.94. The van der Waals surface area contributed by atoms with E-state index in [1.54, 1.807) is 11.3 Å². The van der Waals surface area contributed by atoms with Crippen LogP contribution in [0.25, 0.3) is 4.96 Å². The zero-order chi connectivity index (χ0) is 13.5. The number of thiazole rings is 1. The third-order valence-electron chi connectivity index (χ3n) is 4.29. The molecule has 0 radical (unpaired) electrons. The van der Waals surface area contributed by atoms with Gasteiger partial charge in [-0.2, -0.15) is 0 Å². The molecule has 1 aliphatic heterocycles. The second-order valence-corrected chi connectivity index (χ2v) is 6.75. The van der Waals surface area contributed by atoms with E-state index >= 15 is 0 Å². The van der Waals surface area contributed by atoms with Crippen LogP contribution in [0.4, 0.5) is 0 Å². The molecule has 1 N–H and O–H groups in total. The maximum Gasteiger partial charge on any atom is 0.193 e. The quantitative estimate of drug-likeness (QED) is 0.935. The number of fused-ring (bicyclic) bond motifs is 1. The van der Waals surface area contributed by atoms with E-state index < -0.39 is 0 Å². The van der Waals surface area contributed by atoms with Gasteiger partial charge in [0.15, 0.2) is 4.96 Å². The van der Waals surface area contributed by atoms with Gasteiger partial charge in [0.25, 0.3) is 0 Å². The Labute approximate surface area is 118 Å². The summed E-state index contributed by atoms with van der Waals surface area (Å²) in [5.74, 6) is 0. The summed E-state index contributed by atoms with van der Waals surface area (Å²) in [7, 11) is 0. The summed E-state index contributed by atoms with van der Waals surface area (Å²) < 4.78 is 2.12. The van der Waals surface area contributed by atoms with Crippen LogP contribution in [0.2, 0.25) is 0 Å². The lowest BCUT2D eigenvalue weighted by molar-refractivity contribution is 0.0856. The molecule has 0 saturated carbocycles. The molecule has 1 aliphatic rings. The van der Waals surface area contributed by atoms with Crippen molar-refractivity contribution < 1.29 is 0 Å². The van der Waals surface area contributed by atoms with Crippen molar-refractivity contribution in [2.75, 3.05) is 13.1 Å². The predicted octanol–water partition coefficient (Wildman–Crippen LogP) is 2.36. The van der Waals surface area contributed by atoms with Gasteiger partial charge in [0, 0.05) is 49.0 Å². The van der Waals surface area contributed by atoms with E-state index in [0.717, 1.165) is 31.0 Å². The van der Waals surface area contributed by atoms with Crippen LogP contribution >= 0.6 is 11.3 Å². The first-order valence-electron chi connectivity index (χ1n) is 7.00. The molecule has 0 aliphatic carbocycles. The third kappa shape index (κ3) is 2.55. The molecule has 0 amide bonds. The molecule has 2 aromatic heterocycles. The van der Waals surface area contributed by atoms with Crippen molar-refractivity contribution in [3.63, 3.8) is 0 Å². The number of nitrogens with zero attached hydrogens (tertiary/aromatic N) is 3. The topological polar surface area (TPSA) is 32.6 Å². The van der Waals surface area contributed by atoms with Crippen LogP contribution in [-0.4, -0.2) is 39.0 Å². The zero-order valence-electron chi connectivity index (χ0n) is 11.9. The van der Waals surface area contributed by atoms with Crippen molar-refractivity contribution in [3.05, 3.63) is 23.5 Å². The Kier molecular flexibility index (Phi) is 3.37. The number of rotatable bonds is 3. The Balaban J connectivity index is 1.75. The third-order valence-corrected chi connectivity index (χ3v) is 5.06. The molecular formula is C14H22N4S. The molecule has 5 heteroatoms. The zero-order valence-corrected chi connectivity index (χ0v) is 12.7. The Morgan fingerprint density at radius 2 is 2.42 bits per heavy atom. The molecule has 19 heavy (non-hydrogen) atoms. The largest absolute Gasteiger partial charge is 0.309 e. The van der Waals surface area contributed by atoms with Crippen molar-refractivity contribution in [3.8, 4) is 0 Å². The molecule has 2 atom stereocenters. The predicted molar refractivity (Wildman–Crippen MR) is 79.6 cm³/mol. The van der Waals surface area contributed by atoms with E-state index in [0.29, 0.717) is 6.04 Å². The maximum absolute atomic E-state index is 4.69. The Morgan fingerprint density at radius 1 is 1.58 bits per heavy atom. The Morgan fingerprint density at radius 3 is 3.16 bits per heavy atom. The number of imidazole rings is 1. The van der Waals surface area contributed by atoms with Crippen LogP contribution in [0, 0.1) is 0 Å². The molecule has 2 unspecified atom stereocenters. The van der Waals surface area contributed by atoms with Gasteiger partial charge in [-0.15, -0.1) is 11.3 Å². The minimum Gasteiger partial charge on any atom is -0.309 e. The van der Waals surface area contributed by atoms with Gasteiger partial charge >= 0.3 is 0 Å². The van der Waals surface area contributed by atoms with Crippen LogP contribution in [0.5, 0.6) is 0 Å². The van der Waals surface area contributed by atoms with Gasteiger partial charge in [0.2, 0.25) is 0 Å². The second-order valence-electron chi connectivity index (χ2n) is 5.87. The van der Waals surface area contributed by atoms with E-state index in [1.165, 1.54) is 5.69 Å². The first-order valence-corrected chi connectivity index (χ1v) is 7.88. The summed E-state index contributed by atoms with van der Waals surface area (Å²) in [6.07, 6.45) is 5.40. The summed E-state index contributed by atoms with van der Waals surface area (Å²) in [4.78, 5) is 8.34. The van der Waals surface area contributed by atoms with Gasteiger partial charge in [-0.1, -0.05) is 6.92 Å². The number of nitrogens with one attached hydrogen (secondary N) is 1. The van der Waals surface area contributed by atoms with E-state index in [9.17, 15) is 0 Å². The van der Waals surface area contributed by atoms with Gasteiger partial charge in [-0.05, 0) is 20.3 Å². The van der Waals surface area contributed by atoms with Gasteiger partial charge in [0.1, 0.15) is 0 Å². The first kappa shape index (κ1) is 13.1. The molecule has 1 saturated heterocycles. The van der Waals surface area contributed by atoms with E-state index in [4.69, 9.17) is 4.98 Å². The lowest BCUT2D eigenvalue weighted by Crippen LogP contribution is -2.61. The van der Waals surface area contributed by atoms with Crippen molar-refractivity contribution in [2.45, 2.75) is 45.3 Å². The average Bonchev–Trinajstić information content (AvgIpc) is 2.95. The Hall–Kier alpha value is -0.910. The molecular weight excluding hydrogens is 256 g/mol. The van der Waals surface area contributed by atoms with E-state index in [2.05, 4.69) is 53.2 Å². The van der Waals surface area contributed by atoms with Crippen LogP contribution < -0.4 is 5.32 Å². The van der Waals surface area contributed by atoms with Crippen molar-refractivity contribution in [1.29, 1.82) is 0 Å². The summed E-state index contributed by atoms with van der Waals surface area (Å²) in [5, 5.41) is 5.74. The minimum atomic E-state index is 0.240. The number of piperazine rings is 1. The first-order chi connectivity index (χ1) is 9.09. The van der Waals surface area contributed by atoms with E-state index in [-0.39, 0.29) is 5.54 Å². The van der Waals surface area contributed by atoms with Crippen molar-refractivity contribution >= 4 is 16.3 Å². The molecule has 4 nitrogen and oxygen atoms in total. The monoisotopic (exact) mass is 278 g/mol. The number of hydrogen-bond acceptors (Lipinski definition) is 4. The smallest absolute Gasteiger partial charge is 0.193 e. The molecule has 0 aromatic carbocycles. The van der Waals surface area contributed by atoms with E-state index in [1.807, 2.05) is 0 Å². The molecule has 0 spiro atoms. The standard InChI is InChI=1S/C14H22N4S/c1-4-14(3)10-18(11(2)7-15-14)9-12-8-17-5-6-19-13(17)16-12/h5-6,8,11,15H,4,7,9-10H2,1-3H3. The van der Waals surface area contributed by atoms with Gasteiger partial charge < -0.3 is 5.32 Å². The summed E-state index contributed by atoms with van der Waals surface area (Å²) in [6, 6.07) is 0.569. The highest BCUT2D eigenvalue weighted by Gasteiger charge is 2.32.